The molecular formula is C18H35N3O4. The monoisotopic (exact) mass is 357 g/mol. The number of carboxylic acid groups (broad SMARTS) is 1. The molecule has 0 fully saturated rings. The van der Waals surface area contributed by atoms with E-state index in [1.54, 1.807) is 0 Å². The second-order valence-corrected chi connectivity index (χ2v) is 7.31. The van der Waals surface area contributed by atoms with Gasteiger partial charge < -0.3 is 21.5 Å². The first-order chi connectivity index (χ1) is 11.5. The number of nitrogens with two attached hydrogens (primary N) is 1. The van der Waals surface area contributed by atoms with Crippen LogP contribution in [0.1, 0.15) is 60.8 Å². The Bertz CT molecular complexity index is 454. The number of amides is 2. The molecule has 0 aromatic rings. The maximum atomic E-state index is 12.6. The van der Waals surface area contributed by atoms with Gasteiger partial charge in [0.05, 0.1) is 6.04 Å². The van der Waals surface area contributed by atoms with Crippen molar-refractivity contribution < 1.29 is 19.5 Å². The SMILES string of the molecule is CCC(C)C(N)C(=O)NC(C(=O)NC(CC(C)C)C(=O)O)C(C)CC. The Labute approximate surface area is 151 Å². The van der Waals surface area contributed by atoms with Crippen molar-refractivity contribution in [3.8, 4) is 0 Å². The van der Waals surface area contributed by atoms with E-state index >= 15 is 0 Å². The number of hydrogen-bond donors (Lipinski definition) is 4. The smallest absolute Gasteiger partial charge is 0.326 e. The molecule has 0 aliphatic rings. The van der Waals surface area contributed by atoms with Gasteiger partial charge in [-0.25, -0.2) is 4.79 Å². The molecule has 5 unspecified atom stereocenters. The molecule has 5 N–H and O–H groups in total. The van der Waals surface area contributed by atoms with Gasteiger partial charge in [-0.05, 0) is 24.2 Å². The summed E-state index contributed by atoms with van der Waals surface area (Å²) in [5.74, 6) is -1.96. The van der Waals surface area contributed by atoms with E-state index in [-0.39, 0.29) is 23.7 Å². The van der Waals surface area contributed by atoms with Crippen LogP contribution >= 0.6 is 0 Å². The number of carbonyl (C=O) groups excluding carboxylic acids is 2. The quantitative estimate of drug-likeness (QED) is 0.446. The Morgan fingerprint density at radius 2 is 1.44 bits per heavy atom. The molecular weight excluding hydrogens is 322 g/mol. The van der Waals surface area contributed by atoms with E-state index in [4.69, 9.17) is 5.73 Å². The number of nitrogens with one attached hydrogen (secondary N) is 2. The van der Waals surface area contributed by atoms with Crippen molar-refractivity contribution in [3.05, 3.63) is 0 Å². The van der Waals surface area contributed by atoms with Crippen LogP contribution in [-0.4, -0.2) is 41.0 Å². The van der Waals surface area contributed by atoms with E-state index in [2.05, 4.69) is 10.6 Å². The number of carbonyl (C=O) groups is 3. The first-order valence-electron chi connectivity index (χ1n) is 9.14. The molecule has 0 aromatic carbocycles. The van der Waals surface area contributed by atoms with Gasteiger partial charge in [-0.2, -0.15) is 0 Å². The minimum absolute atomic E-state index is 0.00615. The van der Waals surface area contributed by atoms with Gasteiger partial charge in [0.1, 0.15) is 12.1 Å². The van der Waals surface area contributed by atoms with Gasteiger partial charge in [0.15, 0.2) is 0 Å². The molecule has 0 saturated carbocycles. The summed E-state index contributed by atoms with van der Waals surface area (Å²) in [4.78, 5) is 36.3. The van der Waals surface area contributed by atoms with Crippen molar-refractivity contribution in [1.29, 1.82) is 0 Å². The highest BCUT2D eigenvalue weighted by molar-refractivity contribution is 5.92. The van der Waals surface area contributed by atoms with E-state index < -0.39 is 30.0 Å². The molecule has 0 heterocycles. The van der Waals surface area contributed by atoms with Crippen LogP contribution in [0.4, 0.5) is 0 Å². The highest BCUT2D eigenvalue weighted by Crippen LogP contribution is 2.12. The molecule has 0 aliphatic heterocycles. The fourth-order valence-electron chi connectivity index (χ4n) is 2.42. The molecule has 7 heteroatoms. The molecule has 2 amide bonds. The first-order valence-corrected chi connectivity index (χ1v) is 9.14. The van der Waals surface area contributed by atoms with Crippen molar-refractivity contribution in [2.75, 3.05) is 0 Å². The maximum absolute atomic E-state index is 12.6. The van der Waals surface area contributed by atoms with Crippen LogP contribution < -0.4 is 16.4 Å². The normalized spacial score (nSPS) is 17.3. The molecule has 0 aromatic heterocycles. The van der Waals surface area contributed by atoms with Crippen LogP contribution in [0.3, 0.4) is 0 Å². The average Bonchev–Trinajstić information content (AvgIpc) is 2.55. The molecule has 0 bridgehead atoms. The van der Waals surface area contributed by atoms with Crippen molar-refractivity contribution in [1.82, 2.24) is 10.6 Å². The minimum Gasteiger partial charge on any atom is -0.480 e. The van der Waals surface area contributed by atoms with Gasteiger partial charge in [0.25, 0.3) is 0 Å². The summed E-state index contributed by atoms with van der Waals surface area (Å²) in [6.07, 6.45) is 1.75. The van der Waals surface area contributed by atoms with Crippen LogP contribution in [0.2, 0.25) is 0 Å². The molecule has 0 aliphatic carbocycles. The molecule has 0 saturated heterocycles. The molecule has 0 rings (SSSR count). The van der Waals surface area contributed by atoms with Gasteiger partial charge in [0, 0.05) is 0 Å². The first kappa shape index (κ1) is 23.4. The molecule has 7 nitrogen and oxygen atoms in total. The summed E-state index contributed by atoms with van der Waals surface area (Å²) in [5.41, 5.74) is 5.94. The van der Waals surface area contributed by atoms with Crippen molar-refractivity contribution in [3.63, 3.8) is 0 Å². The lowest BCUT2D eigenvalue weighted by molar-refractivity contribution is -0.143. The van der Waals surface area contributed by atoms with Gasteiger partial charge >= 0.3 is 5.97 Å². The third-order valence-corrected chi connectivity index (χ3v) is 4.67. The lowest BCUT2D eigenvalue weighted by atomic mass is 9.95. The fourth-order valence-corrected chi connectivity index (χ4v) is 2.42. The number of aliphatic carboxylic acids is 1. The Hall–Kier alpha value is -1.63. The lowest BCUT2D eigenvalue weighted by Crippen LogP contribution is -2.57. The second kappa shape index (κ2) is 11.1. The van der Waals surface area contributed by atoms with Crippen LogP contribution in [0.5, 0.6) is 0 Å². The molecule has 5 atom stereocenters. The Balaban J connectivity index is 5.16. The number of hydrogen-bond acceptors (Lipinski definition) is 4. The van der Waals surface area contributed by atoms with Gasteiger partial charge in [-0.15, -0.1) is 0 Å². The van der Waals surface area contributed by atoms with Crippen LogP contribution in [0.25, 0.3) is 0 Å². The van der Waals surface area contributed by atoms with Crippen molar-refractivity contribution >= 4 is 17.8 Å². The predicted octanol–water partition coefficient (Wildman–Crippen LogP) is 1.51. The molecule has 0 radical (unpaired) electrons. The summed E-state index contributed by atoms with van der Waals surface area (Å²) in [7, 11) is 0. The minimum atomic E-state index is -1.08. The zero-order chi connectivity index (χ0) is 19.7. The van der Waals surface area contributed by atoms with E-state index in [1.165, 1.54) is 0 Å². The Morgan fingerprint density at radius 1 is 0.920 bits per heavy atom. The molecule has 25 heavy (non-hydrogen) atoms. The highest BCUT2D eigenvalue weighted by atomic mass is 16.4. The zero-order valence-electron chi connectivity index (χ0n) is 16.3. The molecule has 0 spiro atoms. The number of carboxylic acids is 1. The van der Waals surface area contributed by atoms with Gasteiger partial charge in [-0.1, -0.05) is 54.4 Å². The van der Waals surface area contributed by atoms with Gasteiger partial charge in [0.2, 0.25) is 11.8 Å². The second-order valence-electron chi connectivity index (χ2n) is 7.31. The fraction of sp³-hybridized carbons (Fsp3) is 0.833. The summed E-state index contributed by atoms with van der Waals surface area (Å²) in [6.45, 7) is 11.4. The van der Waals surface area contributed by atoms with Crippen molar-refractivity contribution in [2.45, 2.75) is 78.9 Å². The Morgan fingerprint density at radius 3 is 1.84 bits per heavy atom. The van der Waals surface area contributed by atoms with E-state index in [0.717, 1.165) is 6.42 Å². The lowest BCUT2D eigenvalue weighted by Gasteiger charge is -2.28. The standard InChI is InChI=1S/C18H35N3O4/c1-7-11(5)14(19)16(22)21-15(12(6)8-2)17(23)20-13(18(24)25)9-10(3)4/h10-15H,7-9,19H2,1-6H3,(H,20,23)(H,21,22)(H,24,25). The van der Waals surface area contributed by atoms with Gasteiger partial charge in [-0.3, -0.25) is 9.59 Å². The number of rotatable bonds is 11. The highest BCUT2D eigenvalue weighted by Gasteiger charge is 2.32. The summed E-state index contributed by atoms with van der Waals surface area (Å²) in [6, 6.07) is -2.48. The van der Waals surface area contributed by atoms with Crippen molar-refractivity contribution in [2.24, 2.45) is 23.5 Å². The maximum Gasteiger partial charge on any atom is 0.326 e. The predicted molar refractivity (Wildman–Crippen MR) is 97.8 cm³/mol. The Kier molecular flexibility index (Phi) is 10.4. The third-order valence-electron chi connectivity index (χ3n) is 4.67. The zero-order valence-corrected chi connectivity index (χ0v) is 16.3. The molecule has 146 valence electrons. The largest absolute Gasteiger partial charge is 0.480 e. The van der Waals surface area contributed by atoms with E-state index in [0.29, 0.717) is 12.8 Å². The summed E-state index contributed by atoms with van der Waals surface area (Å²) in [5, 5.41) is 14.6. The van der Waals surface area contributed by atoms with Crippen LogP contribution in [0.15, 0.2) is 0 Å². The van der Waals surface area contributed by atoms with Crippen LogP contribution in [-0.2, 0) is 14.4 Å². The third kappa shape index (κ3) is 7.86. The average molecular weight is 357 g/mol. The summed E-state index contributed by atoms with van der Waals surface area (Å²) < 4.78 is 0. The van der Waals surface area contributed by atoms with Crippen LogP contribution in [0, 0.1) is 17.8 Å². The summed E-state index contributed by atoms with van der Waals surface area (Å²) >= 11 is 0. The van der Waals surface area contributed by atoms with E-state index in [1.807, 2.05) is 41.5 Å². The topological polar surface area (TPSA) is 122 Å². The van der Waals surface area contributed by atoms with E-state index in [9.17, 15) is 19.5 Å².